The van der Waals surface area contributed by atoms with Crippen molar-refractivity contribution in [2.75, 3.05) is 12.4 Å². The van der Waals surface area contributed by atoms with E-state index in [-0.39, 0.29) is 11.0 Å². The van der Waals surface area contributed by atoms with Gasteiger partial charge in [0.05, 0.1) is 7.11 Å². The number of aromatic nitrogens is 1. The van der Waals surface area contributed by atoms with Crippen LogP contribution in [0, 0.1) is 6.92 Å². The first kappa shape index (κ1) is 21.0. The highest BCUT2D eigenvalue weighted by Gasteiger charge is 2.13. The quantitative estimate of drug-likeness (QED) is 0.353. The number of carbonyl (C=O) groups excluding carboxylic acids is 1. The Hall–Kier alpha value is -3.23. The second-order valence-corrected chi connectivity index (χ2v) is 8.12. The van der Waals surface area contributed by atoms with Gasteiger partial charge in [0.2, 0.25) is 5.89 Å². The van der Waals surface area contributed by atoms with Gasteiger partial charge >= 0.3 is 0 Å². The molecule has 2 N–H and O–H groups in total. The van der Waals surface area contributed by atoms with Gasteiger partial charge in [0.15, 0.2) is 10.7 Å². The molecule has 0 bridgehead atoms. The van der Waals surface area contributed by atoms with E-state index in [0.717, 1.165) is 21.3 Å². The standard InChI is InChI=1S/C23H18BrN3O3S/c1-13-3-4-15(22-25-19-12-17(29-2)9-10-20(19)30-22)11-18(13)26-23(31)27-21(28)14-5-7-16(24)8-6-14/h3-12H,1-2H3,(H2,26,27,28,31). The van der Waals surface area contributed by atoms with E-state index in [1.54, 1.807) is 31.4 Å². The minimum Gasteiger partial charge on any atom is -0.497 e. The summed E-state index contributed by atoms with van der Waals surface area (Å²) in [5, 5.41) is 5.99. The fraction of sp³-hybridized carbons (Fsp3) is 0.0870. The van der Waals surface area contributed by atoms with Gasteiger partial charge in [-0.15, -0.1) is 0 Å². The molecule has 0 fully saturated rings. The number of rotatable bonds is 4. The maximum absolute atomic E-state index is 12.4. The van der Waals surface area contributed by atoms with Crippen molar-refractivity contribution in [2.45, 2.75) is 6.92 Å². The molecule has 4 aromatic rings. The van der Waals surface area contributed by atoms with Crippen molar-refractivity contribution in [2.24, 2.45) is 0 Å². The van der Waals surface area contributed by atoms with Gasteiger partial charge in [0, 0.05) is 27.4 Å². The summed E-state index contributed by atoms with van der Waals surface area (Å²) in [6.07, 6.45) is 0. The fourth-order valence-corrected chi connectivity index (χ4v) is 3.44. The van der Waals surface area contributed by atoms with E-state index < -0.39 is 0 Å². The highest BCUT2D eigenvalue weighted by Crippen LogP contribution is 2.29. The number of methoxy groups -OCH3 is 1. The number of thiocarbonyl (C=S) groups is 1. The summed E-state index contributed by atoms with van der Waals surface area (Å²) in [5.41, 5.74) is 4.38. The van der Waals surface area contributed by atoms with Gasteiger partial charge in [-0.3, -0.25) is 10.1 Å². The molecule has 0 spiro atoms. The molecule has 0 atom stereocenters. The minimum absolute atomic E-state index is 0.204. The molecule has 1 heterocycles. The number of nitrogens with one attached hydrogen (secondary N) is 2. The average Bonchev–Trinajstić information content (AvgIpc) is 3.19. The number of fused-ring (bicyclic) bond motifs is 1. The predicted octanol–water partition coefficient (Wildman–Crippen LogP) is 5.70. The lowest BCUT2D eigenvalue weighted by molar-refractivity contribution is 0.0977. The monoisotopic (exact) mass is 495 g/mol. The summed E-state index contributed by atoms with van der Waals surface area (Å²) in [6, 6.07) is 18.3. The van der Waals surface area contributed by atoms with Crippen LogP contribution in [0.3, 0.4) is 0 Å². The van der Waals surface area contributed by atoms with Crippen LogP contribution in [-0.2, 0) is 0 Å². The maximum Gasteiger partial charge on any atom is 0.257 e. The van der Waals surface area contributed by atoms with Crippen LogP contribution in [-0.4, -0.2) is 23.1 Å². The first-order chi connectivity index (χ1) is 14.9. The van der Waals surface area contributed by atoms with Crippen LogP contribution in [0.5, 0.6) is 5.75 Å². The molecule has 156 valence electrons. The molecule has 8 heteroatoms. The van der Waals surface area contributed by atoms with E-state index in [0.29, 0.717) is 28.3 Å². The number of benzene rings is 3. The first-order valence-electron chi connectivity index (χ1n) is 9.36. The maximum atomic E-state index is 12.4. The number of nitrogens with zero attached hydrogens (tertiary/aromatic N) is 1. The van der Waals surface area contributed by atoms with Crippen LogP contribution in [0.25, 0.3) is 22.6 Å². The Kier molecular flexibility index (Phi) is 6.01. The second kappa shape index (κ2) is 8.87. The third kappa shape index (κ3) is 4.76. The summed E-state index contributed by atoms with van der Waals surface area (Å²) < 4.78 is 12.0. The molecule has 0 aliphatic carbocycles. The Morgan fingerprint density at radius 2 is 1.87 bits per heavy atom. The van der Waals surface area contributed by atoms with E-state index in [2.05, 4.69) is 31.5 Å². The molecule has 1 aromatic heterocycles. The van der Waals surface area contributed by atoms with Gasteiger partial charge in [-0.25, -0.2) is 4.98 Å². The van der Waals surface area contributed by atoms with Crippen LogP contribution in [0.2, 0.25) is 0 Å². The Morgan fingerprint density at radius 1 is 1.10 bits per heavy atom. The molecule has 3 aromatic carbocycles. The molecule has 0 aliphatic heterocycles. The average molecular weight is 496 g/mol. The third-order valence-corrected chi connectivity index (χ3v) is 5.39. The highest BCUT2D eigenvalue weighted by molar-refractivity contribution is 9.10. The number of ether oxygens (including phenoxy) is 1. The second-order valence-electron chi connectivity index (χ2n) is 6.80. The highest BCUT2D eigenvalue weighted by atomic mass is 79.9. The summed E-state index contributed by atoms with van der Waals surface area (Å²) in [6.45, 7) is 1.95. The van der Waals surface area contributed by atoms with E-state index in [9.17, 15) is 4.79 Å². The summed E-state index contributed by atoms with van der Waals surface area (Å²) in [5.74, 6) is 0.910. The van der Waals surface area contributed by atoms with Crippen molar-refractivity contribution in [1.82, 2.24) is 10.3 Å². The van der Waals surface area contributed by atoms with Crippen molar-refractivity contribution in [3.05, 3.63) is 76.3 Å². The van der Waals surface area contributed by atoms with Gasteiger partial charge in [-0.2, -0.15) is 0 Å². The molecule has 0 aliphatic rings. The third-order valence-electron chi connectivity index (χ3n) is 4.66. The lowest BCUT2D eigenvalue weighted by Crippen LogP contribution is -2.34. The zero-order valence-corrected chi connectivity index (χ0v) is 19.1. The minimum atomic E-state index is -0.285. The van der Waals surface area contributed by atoms with E-state index >= 15 is 0 Å². The lowest BCUT2D eigenvalue weighted by atomic mass is 10.1. The molecule has 6 nitrogen and oxygen atoms in total. The zero-order valence-electron chi connectivity index (χ0n) is 16.7. The molecule has 0 saturated heterocycles. The molecular formula is C23H18BrN3O3S. The normalized spacial score (nSPS) is 10.7. The Morgan fingerprint density at radius 3 is 2.61 bits per heavy atom. The smallest absolute Gasteiger partial charge is 0.257 e. The fourth-order valence-electron chi connectivity index (χ4n) is 2.98. The number of hydrogen-bond donors (Lipinski definition) is 2. The van der Waals surface area contributed by atoms with Gasteiger partial charge in [0.25, 0.3) is 5.91 Å². The molecule has 0 saturated carbocycles. The number of aryl methyl sites for hydroxylation is 1. The summed E-state index contributed by atoms with van der Waals surface area (Å²) in [4.78, 5) is 16.9. The van der Waals surface area contributed by atoms with E-state index in [4.69, 9.17) is 21.4 Å². The van der Waals surface area contributed by atoms with E-state index in [1.165, 1.54) is 0 Å². The number of carbonyl (C=O) groups is 1. The Bertz CT molecular complexity index is 1290. The number of amides is 1. The first-order valence-corrected chi connectivity index (χ1v) is 10.6. The number of hydrogen-bond acceptors (Lipinski definition) is 5. The van der Waals surface area contributed by atoms with Crippen LogP contribution in [0.15, 0.2) is 69.6 Å². The molecular weight excluding hydrogens is 478 g/mol. The zero-order chi connectivity index (χ0) is 22.0. The Labute approximate surface area is 192 Å². The van der Waals surface area contributed by atoms with E-state index in [1.807, 2.05) is 43.3 Å². The van der Waals surface area contributed by atoms with Crippen molar-refractivity contribution < 1.29 is 13.9 Å². The van der Waals surface area contributed by atoms with Crippen molar-refractivity contribution in [1.29, 1.82) is 0 Å². The summed E-state index contributed by atoms with van der Waals surface area (Å²) in [7, 11) is 1.61. The number of oxazole rings is 1. The van der Waals surface area contributed by atoms with Crippen LogP contribution >= 0.6 is 28.1 Å². The van der Waals surface area contributed by atoms with Gasteiger partial charge < -0.3 is 14.5 Å². The molecule has 4 rings (SSSR count). The van der Waals surface area contributed by atoms with Crippen LogP contribution in [0.4, 0.5) is 5.69 Å². The summed E-state index contributed by atoms with van der Waals surface area (Å²) >= 11 is 8.69. The van der Waals surface area contributed by atoms with Crippen molar-refractivity contribution in [3.8, 4) is 17.2 Å². The number of anilines is 1. The predicted molar refractivity (Wildman–Crippen MR) is 129 cm³/mol. The molecule has 0 unspecified atom stereocenters. The molecule has 31 heavy (non-hydrogen) atoms. The van der Waals surface area contributed by atoms with Crippen LogP contribution in [0.1, 0.15) is 15.9 Å². The Balaban J connectivity index is 1.53. The number of halogens is 1. The van der Waals surface area contributed by atoms with Crippen molar-refractivity contribution in [3.63, 3.8) is 0 Å². The van der Waals surface area contributed by atoms with Crippen molar-refractivity contribution >= 4 is 56.0 Å². The SMILES string of the molecule is COc1ccc2oc(-c3ccc(C)c(NC(=S)NC(=O)c4ccc(Br)cc4)c3)nc2c1. The van der Waals surface area contributed by atoms with Gasteiger partial charge in [0.1, 0.15) is 11.3 Å². The lowest BCUT2D eigenvalue weighted by Gasteiger charge is -2.12. The largest absolute Gasteiger partial charge is 0.497 e. The van der Waals surface area contributed by atoms with Crippen LogP contribution < -0.4 is 15.4 Å². The van der Waals surface area contributed by atoms with Gasteiger partial charge in [-0.1, -0.05) is 22.0 Å². The van der Waals surface area contributed by atoms with Gasteiger partial charge in [-0.05, 0) is 73.2 Å². The molecule has 1 amide bonds. The molecule has 0 radical (unpaired) electrons. The topological polar surface area (TPSA) is 76.4 Å².